The molecule has 0 radical (unpaired) electrons. The van der Waals surface area contributed by atoms with Crippen molar-refractivity contribution < 1.29 is 4.84 Å². The molecule has 3 heteroatoms. The zero-order chi connectivity index (χ0) is 13.1. The van der Waals surface area contributed by atoms with Gasteiger partial charge in [0.1, 0.15) is 6.10 Å². The lowest BCUT2D eigenvalue weighted by Gasteiger charge is -2.30. The summed E-state index contributed by atoms with van der Waals surface area (Å²) in [6.45, 7) is 0.741. The van der Waals surface area contributed by atoms with Crippen molar-refractivity contribution in [1.82, 2.24) is 0 Å². The van der Waals surface area contributed by atoms with Crippen LogP contribution in [-0.4, -0.2) is 6.54 Å². The van der Waals surface area contributed by atoms with E-state index >= 15 is 0 Å². The fourth-order valence-corrected chi connectivity index (χ4v) is 2.21. The molecule has 96 valence electrons. The number of hydrogen-bond acceptors (Lipinski definition) is 2. The van der Waals surface area contributed by atoms with Crippen LogP contribution in [0.5, 0.6) is 0 Å². The van der Waals surface area contributed by atoms with E-state index in [0.717, 1.165) is 22.8 Å². The first kappa shape index (κ1) is 12.3. The third-order valence-corrected chi connectivity index (χ3v) is 3.32. The van der Waals surface area contributed by atoms with Gasteiger partial charge < -0.3 is 0 Å². The maximum atomic E-state index is 6.00. The number of hydroxylamine groups is 1. The van der Waals surface area contributed by atoms with Crippen LogP contribution in [0.4, 0.5) is 5.69 Å². The number of halogens is 1. The molecule has 0 fully saturated rings. The van der Waals surface area contributed by atoms with E-state index in [9.17, 15) is 0 Å². The Hall–Kier alpha value is -1.77. The van der Waals surface area contributed by atoms with Crippen LogP contribution >= 0.6 is 11.6 Å². The lowest BCUT2D eigenvalue weighted by molar-refractivity contribution is 0.0585. The Bertz CT molecular complexity index is 565. The predicted molar refractivity (Wildman–Crippen MR) is 78.2 cm³/mol. The van der Waals surface area contributed by atoms with Crippen molar-refractivity contribution in [3.63, 3.8) is 0 Å². The molecule has 19 heavy (non-hydrogen) atoms. The minimum atomic E-state index is -0.0365. The lowest BCUT2D eigenvalue weighted by atomic mass is 10.1. The molecule has 0 bridgehead atoms. The van der Waals surface area contributed by atoms with Gasteiger partial charge in [0.2, 0.25) is 0 Å². The zero-order valence-corrected chi connectivity index (χ0v) is 11.1. The molecule has 2 aromatic carbocycles. The number of benzene rings is 2. The Morgan fingerprint density at radius 1 is 1.00 bits per heavy atom. The van der Waals surface area contributed by atoms with E-state index in [0.29, 0.717) is 0 Å². The van der Waals surface area contributed by atoms with Gasteiger partial charge in [0.05, 0.1) is 12.2 Å². The second-order valence-corrected chi connectivity index (χ2v) is 4.84. The summed E-state index contributed by atoms with van der Waals surface area (Å²) in [5, 5.41) is 2.62. The van der Waals surface area contributed by atoms with Crippen molar-refractivity contribution in [2.75, 3.05) is 11.6 Å². The summed E-state index contributed by atoms with van der Waals surface area (Å²) in [4.78, 5) is 6.00. The molecule has 1 aliphatic rings. The molecule has 0 amide bonds. The molecule has 2 aromatic rings. The van der Waals surface area contributed by atoms with E-state index in [2.05, 4.69) is 24.3 Å². The van der Waals surface area contributed by atoms with Gasteiger partial charge in [0, 0.05) is 5.02 Å². The van der Waals surface area contributed by atoms with Gasteiger partial charge in [-0.25, -0.2) is 5.06 Å². The zero-order valence-electron chi connectivity index (χ0n) is 10.4. The van der Waals surface area contributed by atoms with Crippen LogP contribution in [0.25, 0.3) is 0 Å². The second-order valence-electron chi connectivity index (χ2n) is 4.40. The summed E-state index contributed by atoms with van der Waals surface area (Å²) >= 11 is 5.90. The maximum Gasteiger partial charge on any atom is 0.129 e. The van der Waals surface area contributed by atoms with Crippen molar-refractivity contribution in [2.24, 2.45) is 0 Å². The molecule has 0 saturated heterocycles. The van der Waals surface area contributed by atoms with Gasteiger partial charge in [-0.05, 0) is 29.8 Å². The first-order valence-electron chi connectivity index (χ1n) is 6.24. The van der Waals surface area contributed by atoms with Crippen LogP contribution in [0.3, 0.4) is 0 Å². The summed E-state index contributed by atoms with van der Waals surface area (Å²) in [7, 11) is 0. The van der Waals surface area contributed by atoms with Gasteiger partial charge in [-0.1, -0.05) is 54.1 Å². The Morgan fingerprint density at radius 3 is 2.47 bits per heavy atom. The lowest BCUT2D eigenvalue weighted by Crippen LogP contribution is -2.28. The molecule has 2 nitrogen and oxygen atoms in total. The summed E-state index contributed by atoms with van der Waals surface area (Å²) in [5.41, 5.74) is 2.16. The highest BCUT2D eigenvalue weighted by Gasteiger charge is 2.18. The Kier molecular flexibility index (Phi) is 3.53. The van der Waals surface area contributed by atoms with Gasteiger partial charge in [-0.2, -0.15) is 0 Å². The summed E-state index contributed by atoms with van der Waals surface area (Å²) < 4.78 is 0. The third kappa shape index (κ3) is 2.80. The molecule has 3 rings (SSSR count). The van der Waals surface area contributed by atoms with Gasteiger partial charge in [0.15, 0.2) is 0 Å². The second kappa shape index (κ2) is 5.47. The molecule has 0 spiro atoms. The molecular weight excluding hydrogens is 258 g/mol. The van der Waals surface area contributed by atoms with Crippen molar-refractivity contribution in [3.8, 4) is 0 Å². The average molecular weight is 272 g/mol. The quantitative estimate of drug-likeness (QED) is 0.751. The standard InChI is InChI=1S/C16H14ClNO/c17-14-8-10-15(11-9-14)18-12-4-7-16(19-18)13-5-2-1-3-6-13/h1-11,16H,12H2. The molecule has 0 aromatic heterocycles. The number of anilines is 1. The Morgan fingerprint density at radius 2 is 1.74 bits per heavy atom. The van der Waals surface area contributed by atoms with Crippen molar-refractivity contribution in [2.45, 2.75) is 6.10 Å². The predicted octanol–water partition coefficient (Wildman–Crippen LogP) is 4.39. The van der Waals surface area contributed by atoms with Crippen LogP contribution in [-0.2, 0) is 4.84 Å². The first-order chi connectivity index (χ1) is 9.33. The Labute approximate surface area is 117 Å². The van der Waals surface area contributed by atoms with E-state index in [1.54, 1.807) is 0 Å². The molecule has 1 atom stereocenters. The van der Waals surface area contributed by atoms with Gasteiger partial charge in [0.25, 0.3) is 0 Å². The van der Waals surface area contributed by atoms with Gasteiger partial charge in [-0.15, -0.1) is 0 Å². The maximum absolute atomic E-state index is 6.00. The fraction of sp³-hybridized carbons (Fsp3) is 0.125. The highest BCUT2D eigenvalue weighted by Crippen LogP contribution is 2.27. The fourth-order valence-electron chi connectivity index (χ4n) is 2.08. The monoisotopic (exact) mass is 271 g/mol. The number of rotatable bonds is 2. The SMILES string of the molecule is Clc1ccc(N2CC=CC(c3ccccc3)O2)cc1. The van der Waals surface area contributed by atoms with Crippen molar-refractivity contribution in [3.05, 3.63) is 77.3 Å². The summed E-state index contributed by atoms with van der Waals surface area (Å²) in [6, 6.07) is 17.9. The van der Waals surface area contributed by atoms with E-state index in [1.165, 1.54) is 0 Å². The largest absolute Gasteiger partial charge is 0.261 e. The summed E-state index contributed by atoms with van der Waals surface area (Å²) in [5.74, 6) is 0. The number of hydrogen-bond donors (Lipinski definition) is 0. The molecule has 0 N–H and O–H groups in total. The molecule has 0 aliphatic carbocycles. The van der Waals surface area contributed by atoms with Gasteiger partial charge in [-0.3, -0.25) is 4.84 Å². The van der Waals surface area contributed by atoms with E-state index < -0.39 is 0 Å². The topological polar surface area (TPSA) is 12.5 Å². The normalized spacial score (nSPS) is 18.6. The highest BCUT2D eigenvalue weighted by molar-refractivity contribution is 6.30. The molecule has 1 heterocycles. The smallest absolute Gasteiger partial charge is 0.129 e. The average Bonchev–Trinajstić information content (AvgIpc) is 2.49. The van der Waals surface area contributed by atoms with E-state index in [-0.39, 0.29) is 6.10 Å². The molecule has 1 aliphatic heterocycles. The summed E-state index contributed by atoms with van der Waals surface area (Å²) in [6.07, 6.45) is 4.17. The molecule has 0 saturated carbocycles. The minimum Gasteiger partial charge on any atom is -0.261 e. The van der Waals surface area contributed by atoms with Crippen LogP contribution in [0.2, 0.25) is 5.02 Å². The third-order valence-electron chi connectivity index (χ3n) is 3.07. The van der Waals surface area contributed by atoms with Crippen LogP contribution in [0.15, 0.2) is 66.7 Å². The number of nitrogens with zero attached hydrogens (tertiary/aromatic N) is 1. The Balaban J connectivity index is 1.80. The van der Waals surface area contributed by atoms with E-state index in [1.807, 2.05) is 47.5 Å². The molecular formula is C16H14ClNO. The molecule has 1 unspecified atom stereocenters. The first-order valence-corrected chi connectivity index (χ1v) is 6.62. The van der Waals surface area contributed by atoms with Gasteiger partial charge >= 0.3 is 0 Å². The van der Waals surface area contributed by atoms with Crippen LogP contribution in [0.1, 0.15) is 11.7 Å². The van der Waals surface area contributed by atoms with Crippen molar-refractivity contribution in [1.29, 1.82) is 0 Å². The van der Waals surface area contributed by atoms with Crippen LogP contribution in [0, 0.1) is 0 Å². The highest BCUT2D eigenvalue weighted by atomic mass is 35.5. The van der Waals surface area contributed by atoms with E-state index in [4.69, 9.17) is 16.4 Å². The minimum absolute atomic E-state index is 0.0365. The van der Waals surface area contributed by atoms with Crippen LogP contribution < -0.4 is 5.06 Å². The van der Waals surface area contributed by atoms with Crippen molar-refractivity contribution >= 4 is 17.3 Å².